The van der Waals surface area contributed by atoms with Crippen LogP contribution in [0.5, 0.6) is 0 Å². The molecule has 3 heteroatoms. The van der Waals surface area contributed by atoms with Crippen LogP contribution in [0, 0.1) is 0 Å². The first kappa shape index (κ1) is 12.8. The summed E-state index contributed by atoms with van der Waals surface area (Å²) in [6.07, 6.45) is 2.59. The lowest BCUT2D eigenvalue weighted by atomic mass is 10.3. The predicted molar refractivity (Wildman–Crippen MR) is 77.9 cm³/mol. The van der Waals surface area contributed by atoms with Gasteiger partial charge in [0.05, 0.1) is 0 Å². The lowest BCUT2D eigenvalue weighted by Gasteiger charge is -2.19. The molecule has 94 valence electrons. The van der Waals surface area contributed by atoms with Gasteiger partial charge in [-0.2, -0.15) is 11.8 Å². The average molecular weight is 250 g/mol. The molecule has 2 nitrogen and oxygen atoms in total. The van der Waals surface area contributed by atoms with Crippen molar-refractivity contribution in [3.05, 3.63) is 30.3 Å². The second-order valence-electron chi connectivity index (χ2n) is 4.45. The number of benzene rings is 1. The van der Waals surface area contributed by atoms with Crippen LogP contribution < -0.4 is 5.32 Å². The van der Waals surface area contributed by atoms with Crippen LogP contribution in [0.25, 0.3) is 0 Å². The van der Waals surface area contributed by atoms with Gasteiger partial charge in [-0.05, 0) is 43.8 Å². The third-order valence-electron chi connectivity index (χ3n) is 3.07. The minimum Gasteiger partial charge on any atom is -0.385 e. The van der Waals surface area contributed by atoms with E-state index >= 15 is 0 Å². The van der Waals surface area contributed by atoms with Crippen molar-refractivity contribution in [1.29, 1.82) is 0 Å². The molecule has 0 atom stereocenters. The third kappa shape index (κ3) is 5.00. The number of thioether (sulfide) groups is 1. The van der Waals surface area contributed by atoms with E-state index in [0.29, 0.717) is 0 Å². The van der Waals surface area contributed by atoms with Crippen LogP contribution in [0.4, 0.5) is 5.69 Å². The van der Waals surface area contributed by atoms with Gasteiger partial charge in [0.15, 0.2) is 0 Å². The van der Waals surface area contributed by atoms with Crippen molar-refractivity contribution in [2.45, 2.75) is 12.8 Å². The minimum absolute atomic E-state index is 1.08. The van der Waals surface area contributed by atoms with Crippen molar-refractivity contribution in [3.8, 4) is 0 Å². The standard InChI is InChI=1S/C14H22N2S/c1-2-6-14(7-3-1)15-8-4-9-16-10-5-12-17-13-11-16/h1-3,6-7,15H,4-5,8-13H2. The maximum Gasteiger partial charge on any atom is 0.0340 e. The van der Waals surface area contributed by atoms with Gasteiger partial charge in [0.25, 0.3) is 0 Å². The van der Waals surface area contributed by atoms with Crippen LogP contribution in [0.3, 0.4) is 0 Å². The summed E-state index contributed by atoms with van der Waals surface area (Å²) in [6.45, 7) is 4.88. The normalized spacial score (nSPS) is 17.6. The van der Waals surface area contributed by atoms with Gasteiger partial charge in [-0.15, -0.1) is 0 Å². The lowest BCUT2D eigenvalue weighted by molar-refractivity contribution is 0.294. The molecule has 1 N–H and O–H groups in total. The summed E-state index contributed by atoms with van der Waals surface area (Å²) in [6, 6.07) is 10.5. The van der Waals surface area contributed by atoms with Gasteiger partial charge in [0.1, 0.15) is 0 Å². The SMILES string of the molecule is c1ccc(NCCCN2CCCSCC2)cc1. The molecular weight excluding hydrogens is 228 g/mol. The maximum absolute atomic E-state index is 3.47. The molecule has 0 bridgehead atoms. The van der Waals surface area contributed by atoms with E-state index in [1.54, 1.807) is 0 Å². The highest BCUT2D eigenvalue weighted by Crippen LogP contribution is 2.10. The quantitative estimate of drug-likeness (QED) is 0.809. The molecule has 17 heavy (non-hydrogen) atoms. The highest BCUT2D eigenvalue weighted by Gasteiger charge is 2.07. The summed E-state index contributed by atoms with van der Waals surface area (Å²) in [4.78, 5) is 2.60. The van der Waals surface area contributed by atoms with Crippen molar-refractivity contribution < 1.29 is 0 Å². The smallest absolute Gasteiger partial charge is 0.0340 e. The topological polar surface area (TPSA) is 15.3 Å². The number of hydrogen-bond acceptors (Lipinski definition) is 3. The van der Waals surface area contributed by atoms with Crippen LogP contribution in [0.2, 0.25) is 0 Å². The van der Waals surface area contributed by atoms with Gasteiger partial charge >= 0.3 is 0 Å². The molecule has 0 amide bonds. The largest absolute Gasteiger partial charge is 0.385 e. The van der Waals surface area contributed by atoms with Gasteiger partial charge in [-0.1, -0.05) is 18.2 Å². The number of nitrogens with one attached hydrogen (secondary N) is 1. The summed E-state index contributed by atoms with van der Waals surface area (Å²) in [7, 11) is 0. The van der Waals surface area contributed by atoms with Gasteiger partial charge in [0, 0.05) is 24.5 Å². The molecule has 1 aliphatic heterocycles. The zero-order valence-electron chi connectivity index (χ0n) is 10.4. The molecule has 1 heterocycles. The van der Waals surface area contributed by atoms with E-state index in [1.165, 1.54) is 49.7 Å². The number of rotatable bonds is 5. The molecule has 0 saturated carbocycles. The fraction of sp³-hybridized carbons (Fsp3) is 0.571. The Morgan fingerprint density at radius 1 is 1.12 bits per heavy atom. The van der Waals surface area contributed by atoms with Crippen molar-refractivity contribution >= 4 is 17.4 Å². The highest BCUT2D eigenvalue weighted by molar-refractivity contribution is 7.99. The van der Waals surface area contributed by atoms with E-state index in [4.69, 9.17) is 0 Å². The predicted octanol–water partition coefficient (Wildman–Crippen LogP) is 2.93. The van der Waals surface area contributed by atoms with E-state index in [9.17, 15) is 0 Å². The molecule has 0 spiro atoms. The molecule has 1 aromatic rings. The van der Waals surface area contributed by atoms with Crippen molar-refractivity contribution in [3.63, 3.8) is 0 Å². The molecule has 0 aliphatic carbocycles. The maximum atomic E-state index is 3.47. The summed E-state index contributed by atoms with van der Waals surface area (Å²) in [5, 5.41) is 3.47. The Hall–Kier alpha value is -0.670. The van der Waals surface area contributed by atoms with Gasteiger partial charge < -0.3 is 10.2 Å². The second-order valence-corrected chi connectivity index (χ2v) is 5.68. The van der Waals surface area contributed by atoms with Crippen LogP contribution in [0.15, 0.2) is 30.3 Å². The zero-order valence-corrected chi connectivity index (χ0v) is 11.2. The Morgan fingerprint density at radius 3 is 2.88 bits per heavy atom. The van der Waals surface area contributed by atoms with Gasteiger partial charge in [0.2, 0.25) is 0 Å². The fourth-order valence-corrected chi connectivity index (χ4v) is 3.04. The molecule has 0 aromatic heterocycles. The first-order chi connectivity index (χ1) is 8.45. The Kier molecular flexibility index (Phi) is 5.73. The van der Waals surface area contributed by atoms with Crippen LogP contribution in [-0.2, 0) is 0 Å². The molecule has 1 fully saturated rings. The molecule has 0 radical (unpaired) electrons. The van der Waals surface area contributed by atoms with E-state index in [1.807, 2.05) is 0 Å². The van der Waals surface area contributed by atoms with Crippen molar-refractivity contribution in [2.75, 3.05) is 43.0 Å². The van der Waals surface area contributed by atoms with Crippen molar-refractivity contribution in [1.82, 2.24) is 4.90 Å². The number of hydrogen-bond donors (Lipinski definition) is 1. The number of anilines is 1. The lowest BCUT2D eigenvalue weighted by Crippen LogP contribution is -2.28. The highest BCUT2D eigenvalue weighted by atomic mass is 32.2. The van der Waals surface area contributed by atoms with Gasteiger partial charge in [-0.25, -0.2) is 0 Å². The Morgan fingerprint density at radius 2 is 2.00 bits per heavy atom. The van der Waals surface area contributed by atoms with E-state index in [-0.39, 0.29) is 0 Å². The molecule has 2 rings (SSSR count). The van der Waals surface area contributed by atoms with Crippen LogP contribution >= 0.6 is 11.8 Å². The Labute approximate surface area is 109 Å². The molecule has 1 aromatic carbocycles. The first-order valence-electron chi connectivity index (χ1n) is 6.54. The van der Waals surface area contributed by atoms with Crippen LogP contribution in [-0.4, -0.2) is 42.6 Å². The van der Waals surface area contributed by atoms with E-state index in [2.05, 4.69) is 52.3 Å². The first-order valence-corrected chi connectivity index (χ1v) is 7.69. The van der Waals surface area contributed by atoms with Crippen LogP contribution in [0.1, 0.15) is 12.8 Å². The fourth-order valence-electron chi connectivity index (χ4n) is 2.11. The summed E-state index contributed by atoms with van der Waals surface area (Å²) in [5.74, 6) is 2.66. The second kappa shape index (κ2) is 7.62. The summed E-state index contributed by atoms with van der Waals surface area (Å²) >= 11 is 2.10. The zero-order chi connectivity index (χ0) is 11.8. The number of para-hydroxylation sites is 1. The Bertz CT molecular complexity index is 294. The minimum atomic E-state index is 1.08. The number of nitrogens with zero attached hydrogens (tertiary/aromatic N) is 1. The molecule has 1 saturated heterocycles. The average Bonchev–Trinajstić information content (AvgIpc) is 2.65. The molecule has 1 aliphatic rings. The van der Waals surface area contributed by atoms with E-state index in [0.717, 1.165) is 6.54 Å². The Balaban J connectivity index is 1.59. The van der Waals surface area contributed by atoms with Gasteiger partial charge in [-0.3, -0.25) is 0 Å². The molecular formula is C14H22N2S. The molecule has 0 unspecified atom stereocenters. The monoisotopic (exact) mass is 250 g/mol. The summed E-state index contributed by atoms with van der Waals surface area (Å²) < 4.78 is 0. The van der Waals surface area contributed by atoms with Crippen molar-refractivity contribution in [2.24, 2.45) is 0 Å². The summed E-state index contributed by atoms with van der Waals surface area (Å²) in [5.41, 5.74) is 1.24. The van der Waals surface area contributed by atoms with E-state index < -0.39 is 0 Å². The third-order valence-corrected chi connectivity index (χ3v) is 4.12.